The quantitative estimate of drug-likeness (QED) is 0.293. The average Bonchev–Trinajstić information content (AvgIpc) is 3.26. The number of aromatic nitrogens is 1. The van der Waals surface area contributed by atoms with Gasteiger partial charge in [0.25, 0.3) is 17.5 Å². The molecule has 0 saturated carbocycles. The van der Waals surface area contributed by atoms with Crippen LogP contribution in [0.25, 0.3) is 11.3 Å². The summed E-state index contributed by atoms with van der Waals surface area (Å²) in [7, 11) is 0. The van der Waals surface area contributed by atoms with Crippen LogP contribution in [-0.4, -0.2) is 40.3 Å². The van der Waals surface area contributed by atoms with Crippen molar-refractivity contribution in [1.29, 1.82) is 0 Å². The molecule has 10 nitrogen and oxygen atoms in total. The van der Waals surface area contributed by atoms with E-state index >= 15 is 0 Å². The van der Waals surface area contributed by atoms with E-state index in [1.165, 1.54) is 36.5 Å². The number of benzene rings is 2. The number of anilines is 1. The topological polar surface area (TPSA) is 141 Å². The molecule has 0 aliphatic rings. The fourth-order valence-corrected chi connectivity index (χ4v) is 3.44. The molecular weight excluding hydrogens is 448 g/mol. The van der Waals surface area contributed by atoms with E-state index in [1.54, 1.807) is 5.38 Å². The van der Waals surface area contributed by atoms with Crippen LogP contribution in [0.5, 0.6) is 0 Å². The summed E-state index contributed by atoms with van der Waals surface area (Å²) in [5.74, 6) is -2.09. The third-order valence-electron chi connectivity index (χ3n) is 4.46. The maximum Gasteiger partial charge on any atom is 0.328 e. The first-order chi connectivity index (χ1) is 15.7. The maximum absolute atomic E-state index is 12.2. The summed E-state index contributed by atoms with van der Waals surface area (Å²) in [6, 6.07) is 11.8. The molecule has 1 atom stereocenters. The summed E-state index contributed by atoms with van der Waals surface area (Å²) in [5.41, 5.74) is 2.53. The smallest absolute Gasteiger partial charge is 0.328 e. The minimum absolute atomic E-state index is 0.0229. The Morgan fingerprint density at radius 3 is 2.61 bits per heavy atom. The lowest BCUT2D eigenvalue weighted by molar-refractivity contribution is -0.384. The van der Waals surface area contributed by atoms with Gasteiger partial charge in [0.2, 0.25) is 0 Å². The van der Waals surface area contributed by atoms with E-state index in [-0.39, 0.29) is 11.3 Å². The highest BCUT2D eigenvalue weighted by molar-refractivity contribution is 7.14. The number of esters is 1. The second-order valence-electron chi connectivity index (χ2n) is 7.06. The van der Waals surface area contributed by atoms with Crippen molar-refractivity contribution in [3.8, 4) is 11.3 Å². The lowest BCUT2D eigenvalue weighted by Gasteiger charge is -2.13. The number of hydrogen-bond donors (Lipinski definition) is 2. The molecule has 0 radical (unpaired) electrons. The van der Waals surface area contributed by atoms with Crippen LogP contribution in [0.4, 0.5) is 10.8 Å². The first-order valence-corrected chi connectivity index (χ1v) is 10.7. The summed E-state index contributed by atoms with van der Waals surface area (Å²) >= 11 is 1.24. The van der Waals surface area contributed by atoms with Gasteiger partial charge in [-0.15, -0.1) is 11.3 Å². The van der Waals surface area contributed by atoms with Crippen molar-refractivity contribution in [1.82, 2.24) is 10.3 Å². The fraction of sp³-hybridized carbons (Fsp3) is 0.182. The van der Waals surface area contributed by atoms with Crippen molar-refractivity contribution in [2.75, 3.05) is 11.9 Å². The molecule has 170 valence electrons. The van der Waals surface area contributed by atoms with Crippen molar-refractivity contribution in [3.05, 3.63) is 75.2 Å². The summed E-state index contributed by atoms with van der Waals surface area (Å²) in [6.07, 6.45) is 0. The van der Waals surface area contributed by atoms with Gasteiger partial charge in [-0.25, -0.2) is 9.78 Å². The van der Waals surface area contributed by atoms with Crippen LogP contribution in [0, 0.1) is 17.0 Å². The Labute approximate surface area is 192 Å². The molecule has 1 heterocycles. The van der Waals surface area contributed by atoms with Gasteiger partial charge < -0.3 is 10.1 Å². The van der Waals surface area contributed by atoms with Crippen molar-refractivity contribution in [3.63, 3.8) is 0 Å². The van der Waals surface area contributed by atoms with Gasteiger partial charge in [0, 0.05) is 28.6 Å². The number of carbonyl (C=O) groups excluding carboxylic acids is 3. The number of non-ortho nitro benzene ring substituents is 1. The van der Waals surface area contributed by atoms with Gasteiger partial charge in [0.1, 0.15) is 6.04 Å². The minimum atomic E-state index is -1.07. The highest BCUT2D eigenvalue weighted by atomic mass is 32.1. The second kappa shape index (κ2) is 10.5. The van der Waals surface area contributed by atoms with Crippen molar-refractivity contribution >= 4 is 39.9 Å². The third kappa shape index (κ3) is 6.43. The van der Waals surface area contributed by atoms with E-state index in [1.807, 2.05) is 31.2 Å². The summed E-state index contributed by atoms with van der Waals surface area (Å²) in [6.45, 7) is 2.80. The van der Waals surface area contributed by atoms with E-state index in [9.17, 15) is 24.5 Å². The minimum Gasteiger partial charge on any atom is -0.454 e. The number of amides is 2. The van der Waals surface area contributed by atoms with Crippen molar-refractivity contribution in [2.45, 2.75) is 19.9 Å². The first-order valence-electron chi connectivity index (χ1n) is 9.77. The van der Waals surface area contributed by atoms with Crippen LogP contribution in [0.3, 0.4) is 0 Å². The number of nitro benzene ring substituents is 1. The van der Waals surface area contributed by atoms with E-state index in [2.05, 4.69) is 15.6 Å². The molecule has 1 aromatic heterocycles. The molecular formula is C22H20N4O6S. The number of ether oxygens (including phenoxy) is 1. The Hall–Kier alpha value is -4.12. The molecule has 2 aromatic carbocycles. The Morgan fingerprint density at radius 1 is 1.18 bits per heavy atom. The number of aryl methyl sites for hydroxylation is 1. The van der Waals surface area contributed by atoms with Gasteiger partial charge in [-0.2, -0.15) is 0 Å². The molecule has 0 aliphatic heterocycles. The SMILES string of the molecule is Cc1ccc(-c2csc(NC(=O)COC(=O)[C@H](C)NC(=O)c3cccc([N+](=O)[O-])c3)n2)cc1. The van der Waals surface area contributed by atoms with Crippen LogP contribution in [0.15, 0.2) is 53.9 Å². The Kier molecular flexibility index (Phi) is 7.46. The van der Waals surface area contributed by atoms with Crippen molar-refractivity contribution in [2.24, 2.45) is 0 Å². The number of thiazole rings is 1. The lowest BCUT2D eigenvalue weighted by atomic mass is 10.1. The van der Waals surface area contributed by atoms with Gasteiger partial charge >= 0.3 is 5.97 Å². The number of rotatable bonds is 8. The Morgan fingerprint density at radius 2 is 1.91 bits per heavy atom. The zero-order valence-corrected chi connectivity index (χ0v) is 18.5. The summed E-state index contributed by atoms with van der Waals surface area (Å²) in [4.78, 5) is 51.0. The normalized spacial score (nSPS) is 11.3. The number of nitrogens with one attached hydrogen (secondary N) is 2. The lowest BCUT2D eigenvalue weighted by Crippen LogP contribution is -2.40. The van der Waals surface area contributed by atoms with E-state index < -0.39 is 35.4 Å². The average molecular weight is 468 g/mol. The molecule has 3 aromatic rings. The monoisotopic (exact) mass is 468 g/mol. The van der Waals surface area contributed by atoms with Gasteiger partial charge in [-0.05, 0) is 19.9 Å². The Bertz CT molecular complexity index is 1190. The molecule has 0 fully saturated rings. The predicted molar refractivity (Wildman–Crippen MR) is 122 cm³/mol. The maximum atomic E-state index is 12.2. The van der Waals surface area contributed by atoms with E-state index in [0.717, 1.165) is 17.2 Å². The standard InChI is InChI=1S/C22H20N4O6S/c1-13-6-8-15(9-7-13)18-12-33-22(24-18)25-19(27)11-32-21(29)14(2)23-20(28)16-4-3-5-17(10-16)26(30)31/h3-10,12,14H,11H2,1-2H3,(H,23,28)(H,24,25,27)/t14-/m0/s1. The van der Waals surface area contributed by atoms with Crippen molar-refractivity contribution < 1.29 is 24.0 Å². The first kappa shape index (κ1) is 23.5. The third-order valence-corrected chi connectivity index (χ3v) is 5.22. The Balaban J connectivity index is 1.48. The highest BCUT2D eigenvalue weighted by Gasteiger charge is 2.20. The molecule has 0 aliphatic carbocycles. The number of nitrogens with zero attached hydrogens (tertiary/aromatic N) is 2. The molecule has 3 rings (SSSR count). The number of carbonyl (C=O) groups is 3. The van der Waals surface area contributed by atoms with E-state index in [0.29, 0.717) is 10.8 Å². The predicted octanol–water partition coefficient (Wildman–Crippen LogP) is 3.33. The van der Waals surface area contributed by atoms with Gasteiger partial charge in [0.05, 0.1) is 10.6 Å². The summed E-state index contributed by atoms with van der Waals surface area (Å²) in [5, 5.41) is 17.9. The van der Waals surface area contributed by atoms with Crippen LogP contribution in [0.1, 0.15) is 22.8 Å². The molecule has 2 amide bonds. The molecule has 2 N–H and O–H groups in total. The van der Waals surface area contributed by atoms with Gasteiger partial charge in [-0.1, -0.05) is 35.9 Å². The zero-order valence-electron chi connectivity index (χ0n) is 17.7. The summed E-state index contributed by atoms with van der Waals surface area (Å²) < 4.78 is 4.94. The molecule has 0 unspecified atom stereocenters. The number of nitro groups is 1. The number of hydrogen-bond acceptors (Lipinski definition) is 8. The highest BCUT2D eigenvalue weighted by Crippen LogP contribution is 2.25. The molecule has 33 heavy (non-hydrogen) atoms. The largest absolute Gasteiger partial charge is 0.454 e. The van der Waals surface area contributed by atoms with Gasteiger partial charge in [-0.3, -0.25) is 25.0 Å². The van der Waals surface area contributed by atoms with Crippen LogP contribution >= 0.6 is 11.3 Å². The fourth-order valence-electron chi connectivity index (χ4n) is 2.70. The molecule has 0 bridgehead atoms. The zero-order chi connectivity index (χ0) is 24.0. The van der Waals surface area contributed by atoms with Crippen LogP contribution in [0.2, 0.25) is 0 Å². The van der Waals surface area contributed by atoms with Crippen LogP contribution in [-0.2, 0) is 14.3 Å². The van der Waals surface area contributed by atoms with Crippen LogP contribution < -0.4 is 10.6 Å². The molecule has 0 spiro atoms. The molecule has 0 saturated heterocycles. The van der Waals surface area contributed by atoms with Gasteiger partial charge in [0.15, 0.2) is 11.7 Å². The molecule has 11 heteroatoms. The second-order valence-corrected chi connectivity index (χ2v) is 7.92. The van der Waals surface area contributed by atoms with E-state index in [4.69, 9.17) is 4.74 Å².